The second-order valence-electron chi connectivity index (χ2n) is 8.59. The van der Waals surface area contributed by atoms with Gasteiger partial charge in [-0.15, -0.1) is 11.3 Å². The van der Waals surface area contributed by atoms with E-state index in [1.165, 1.54) is 35.2 Å². The first kappa shape index (κ1) is 26.0. The maximum absolute atomic E-state index is 10.9. The van der Waals surface area contributed by atoms with Gasteiger partial charge in [-0.25, -0.2) is 4.98 Å². The summed E-state index contributed by atoms with van der Waals surface area (Å²) >= 11 is 2.87. The highest BCUT2D eigenvalue weighted by molar-refractivity contribution is 8.01. The average molecular weight is 577 g/mol. The number of aromatic nitrogens is 4. The van der Waals surface area contributed by atoms with Gasteiger partial charge >= 0.3 is 0 Å². The van der Waals surface area contributed by atoms with Crippen molar-refractivity contribution in [3.63, 3.8) is 0 Å². The van der Waals surface area contributed by atoms with E-state index in [1.54, 1.807) is 18.3 Å². The Kier molecular flexibility index (Phi) is 7.56. The van der Waals surface area contributed by atoms with Crippen molar-refractivity contribution in [2.24, 2.45) is 4.99 Å². The van der Waals surface area contributed by atoms with Crippen molar-refractivity contribution in [2.45, 2.75) is 9.50 Å². The van der Waals surface area contributed by atoms with Crippen molar-refractivity contribution in [2.75, 3.05) is 10.6 Å². The van der Waals surface area contributed by atoms with Crippen molar-refractivity contribution in [1.29, 1.82) is 0 Å². The summed E-state index contributed by atoms with van der Waals surface area (Å²) in [5, 5.41) is 17.8. The van der Waals surface area contributed by atoms with E-state index in [2.05, 4.69) is 30.6 Å². The van der Waals surface area contributed by atoms with Crippen LogP contribution in [0.4, 0.5) is 34.6 Å². The fourth-order valence-corrected chi connectivity index (χ4v) is 5.69. The molecule has 0 amide bonds. The second-order valence-corrected chi connectivity index (χ2v) is 10.8. The molecule has 0 unspecified atom stereocenters. The number of nitro benzene ring substituents is 1. The van der Waals surface area contributed by atoms with Crippen molar-refractivity contribution < 1.29 is 4.92 Å². The van der Waals surface area contributed by atoms with Gasteiger partial charge in [0, 0.05) is 29.7 Å². The summed E-state index contributed by atoms with van der Waals surface area (Å²) < 4.78 is 1.74. The summed E-state index contributed by atoms with van der Waals surface area (Å²) in [4.78, 5) is 33.5. The normalized spacial score (nSPS) is 11.1. The van der Waals surface area contributed by atoms with Crippen LogP contribution in [0.2, 0.25) is 0 Å². The lowest BCUT2D eigenvalue weighted by Gasteiger charge is -2.09. The van der Waals surface area contributed by atoms with Gasteiger partial charge in [0.25, 0.3) is 5.69 Å². The number of nitrogens with one attached hydrogen (secondary N) is 2. The standard InChI is InChI=1S/C29H20N8O2S2/c38-37(39)23-14-11-19(12-15-23)18-30-22-13-16-24-25(17-22)40-29(33-24)41-28-35-26(31-20-7-3-1-4-8-20)34-27(36-28)32-21-9-5-2-6-10-21/h1-18H,(H2,31,32,34,35,36). The minimum absolute atomic E-state index is 0.0439. The maximum Gasteiger partial charge on any atom is 0.269 e. The molecule has 2 N–H and O–H groups in total. The number of fused-ring (bicyclic) bond motifs is 1. The molecule has 10 nitrogen and oxygen atoms in total. The summed E-state index contributed by atoms with van der Waals surface area (Å²) in [6.45, 7) is 0. The summed E-state index contributed by atoms with van der Waals surface area (Å²) in [5.41, 5.74) is 4.13. The molecular weight excluding hydrogens is 557 g/mol. The van der Waals surface area contributed by atoms with Gasteiger partial charge in [-0.2, -0.15) is 15.0 Å². The molecule has 12 heteroatoms. The average Bonchev–Trinajstić information content (AvgIpc) is 3.38. The van der Waals surface area contributed by atoms with Crippen LogP contribution in [-0.4, -0.2) is 31.1 Å². The van der Waals surface area contributed by atoms with E-state index in [1.807, 2.05) is 78.9 Å². The zero-order chi connectivity index (χ0) is 28.0. The van der Waals surface area contributed by atoms with Gasteiger partial charge in [0.1, 0.15) is 0 Å². The monoisotopic (exact) mass is 576 g/mol. The Bertz CT molecular complexity index is 1790. The lowest BCUT2D eigenvalue weighted by atomic mass is 10.2. The molecular formula is C29H20N8O2S2. The number of para-hydroxylation sites is 2. The fourth-order valence-electron chi connectivity index (χ4n) is 3.74. The van der Waals surface area contributed by atoms with Crippen LogP contribution in [0, 0.1) is 10.1 Å². The van der Waals surface area contributed by atoms with Crippen LogP contribution in [0.1, 0.15) is 5.56 Å². The highest BCUT2D eigenvalue weighted by Gasteiger charge is 2.13. The molecule has 0 aliphatic carbocycles. The molecule has 0 aliphatic rings. The van der Waals surface area contributed by atoms with E-state index < -0.39 is 4.92 Å². The smallest absolute Gasteiger partial charge is 0.269 e. The van der Waals surface area contributed by atoms with E-state index in [9.17, 15) is 10.1 Å². The van der Waals surface area contributed by atoms with Gasteiger partial charge < -0.3 is 10.6 Å². The number of anilines is 4. The van der Waals surface area contributed by atoms with Crippen molar-refractivity contribution in [1.82, 2.24) is 19.9 Å². The van der Waals surface area contributed by atoms with Crippen LogP contribution >= 0.6 is 23.1 Å². The highest BCUT2D eigenvalue weighted by Crippen LogP contribution is 2.35. The zero-order valence-corrected chi connectivity index (χ0v) is 22.8. The summed E-state index contributed by atoms with van der Waals surface area (Å²) in [5.74, 6) is 0.826. The van der Waals surface area contributed by atoms with Crippen LogP contribution < -0.4 is 10.6 Å². The number of hydrogen-bond donors (Lipinski definition) is 2. The molecule has 0 fully saturated rings. The molecule has 0 radical (unpaired) electrons. The third kappa shape index (κ3) is 6.69. The Morgan fingerprint density at radius 1 is 0.780 bits per heavy atom. The van der Waals surface area contributed by atoms with Gasteiger partial charge in [-0.1, -0.05) is 36.4 Å². The quantitative estimate of drug-likeness (QED) is 0.101. The molecule has 4 aromatic carbocycles. The molecule has 0 saturated carbocycles. The lowest BCUT2D eigenvalue weighted by molar-refractivity contribution is -0.384. The number of rotatable bonds is 9. The van der Waals surface area contributed by atoms with Crippen molar-refractivity contribution in [3.8, 4) is 0 Å². The fraction of sp³-hybridized carbons (Fsp3) is 0. The Hall–Kier alpha value is -5.20. The predicted molar refractivity (Wildman–Crippen MR) is 163 cm³/mol. The maximum atomic E-state index is 10.9. The van der Waals surface area contributed by atoms with Crippen LogP contribution in [0.5, 0.6) is 0 Å². The molecule has 0 bridgehead atoms. The Labute approximate surface area is 242 Å². The minimum Gasteiger partial charge on any atom is -0.324 e. The number of nitro groups is 1. The Morgan fingerprint density at radius 3 is 2.02 bits per heavy atom. The van der Waals surface area contributed by atoms with Gasteiger partial charge in [-0.05, 0) is 71.9 Å². The van der Waals surface area contributed by atoms with E-state index in [0.717, 1.165) is 37.2 Å². The van der Waals surface area contributed by atoms with Gasteiger partial charge in [0.05, 0.1) is 20.8 Å². The second kappa shape index (κ2) is 11.9. The first-order valence-corrected chi connectivity index (χ1v) is 14.0. The zero-order valence-electron chi connectivity index (χ0n) is 21.2. The van der Waals surface area contributed by atoms with Crippen LogP contribution in [0.15, 0.2) is 118 Å². The molecule has 200 valence electrons. The summed E-state index contributed by atoms with van der Waals surface area (Å²) in [6.07, 6.45) is 1.68. The number of thiazole rings is 1. The minimum atomic E-state index is -0.424. The van der Waals surface area contributed by atoms with E-state index in [-0.39, 0.29) is 5.69 Å². The number of benzene rings is 4. The molecule has 6 aromatic rings. The number of hydrogen-bond acceptors (Lipinski definition) is 11. The largest absolute Gasteiger partial charge is 0.324 e. The molecule has 0 atom stereocenters. The van der Waals surface area contributed by atoms with Crippen molar-refractivity contribution in [3.05, 3.63) is 119 Å². The van der Waals surface area contributed by atoms with Crippen LogP contribution in [-0.2, 0) is 0 Å². The number of non-ortho nitro benzene ring substituents is 1. The molecule has 6 rings (SSSR count). The molecule has 0 aliphatic heterocycles. The first-order valence-electron chi connectivity index (χ1n) is 12.3. The summed E-state index contributed by atoms with van der Waals surface area (Å²) in [7, 11) is 0. The molecule has 2 heterocycles. The topological polar surface area (TPSA) is 131 Å². The summed E-state index contributed by atoms with van der Waals surface area (Å²) in [6, 6.07) is 31.4. The predicted octanol–water partition coefficient (Wildman–Crippen LogP) is 7.78. The SMILES string of the molecule is O=[N+]([O-])c1ccc(C=Nc2ccc3nc(Sc4nc(Nc5ccccc5)nc(Nc5ccccc5)n4)sc3c2)cc1. The molecule has 41 heavy (non-hydrogen) atoms. The third-order valence-electron chi connectivity index (χ3n) is 5.67. The number of aliphatic imine (C=N–C) groups is 1. The third-order valence-corrected chi connectivity index (χ3v) is 7.62. The van der Waals surface area contributed by atoms with E-state index >= 15 is 0 Å². The van der Waals surface area contributed by atoms with Gasteiger partial charge in [0.2, 0.25) is 17.1 Å². The van der Waals surface area contributed by atoms with Gasteiger partial charge in [0.15, 0.2) is 4.34 Å². The molecule has 0 saturated heterocycles. The Balaban J connectivity index is 1.24. The lowest BCUT2D eigenvalue weighted by Crippen LogP contribution is -2.05. The van der Waals surface area contributed by atoms with Crippen LogP contribution in [0.3, 0.4) is 0 Å². The number of nitrogens with zero attached hydrogens (tertiary/aromatic N) is 6. The van der Waals surface area contributed by atoms with E-state index in [0.29, 0.717) is 17.1 Å². The van der Waals surface area contributed by atoms with Crippen molar-refractivity contribution >= 4 is 74.2 Å². The van der Waals surface area contributed by atoms with Gasteiger partial charge in [-0.3, -0.25) is 15.1 Å². The van der Waals surface area contributed by atoms with Crippen LogP contribution in [0.25, 0.3) is 10.2 Å². The first-order chi connectivity index (χ1) is 20.1. The molecule has 0 spiro atoms. The Morgan fingerprint density at radius 2 is 1.41 bits per heavy atom. The van der Waals surface area contributed by atoms with E-state index in [4.69, 9.17) is 4.98 Å². The highest BCUT2D eigenvalue weighted by atomic mass is 32.2. The molecule has 2 aromatic heterocycles.